The lowest BCUT2D eigenvalue weighted by atomic mass is 10.1. The summed E-state index contributed by atoms with van der Waals surface area (Å²) >= 11 is 0. The first-order valence-corrected chi connectivity index (χ1v) is 9.31. The van der Waals surface area contributed by atoms with Crippen molar-refractivity contribution in [3.8, 4) is 5.88 Å². The predicted octanol–water partition coefficient (Wildman–Crippen LogP) is 2.37. The number of hydrogen-bond acceptors (Lipinski definition) is 8. The van der Waals surface area contributed by atoms with Crippen molar-refractivity contribution in [2.75, 3.05) is 30.9 Å². The second-order valence-electron chi connectivity index (χ2n) is 6.64. The fourth-order valence-electron chi connectivity index (χ4n) is 3.71. The van der Waals surface area contributed by atoms with E-state index in [0.29, 0.717) is 29.5 Å². The number of nitrogens with zero attached hydrogens (tertiary/aromatic N) is 5. The molecule has 10 heteroatoms. The molecule has 0 saturated carbocycles. The van der Waals surface area contributed by atoms with Crippen LogP contribution in [0.15, 0.2) is 24.5 Å². The number of rotatable bonds is 5. The Morgan fingerprint density at radius 3 is 3.03 bits per heavy atom. The van der Waals surface area contributed by atoms with E-state index in [1.165, 1.54) is 17.7 Å². The van der Waals surface area contributed by atoms with E-state index in [-0.39, 0.29) is 24.0 Å². The minimum Gasteiger partial charge on any atom is -0.481 e. The highest BCUT2D eigenvalue weighted by Gasteiger charge is 2.31. The quantitative estimate of drug-likeness (QED) is 0.651. The van der Waals surface area contributed by atoms with Gasteiger partial charge < -0.3 is 20.1 Å². The molecule has 2 N–H and O–H groups in total. The number of halogens is 1. The van der Waals surface area contributed by atoms with Gasteiger partial charge >= 0.3 is 5.97 Å². The topological polar surface area (TPSA) is 108 Å². The number of aromatic nitrogens is 4. The summed E-state index contributed by atoms with van der Waals surface area (Å²) in [6.45, 7) is 2.65. The maximum absolute atomic E-state index is 13.9. The third-order valence-corrected chi connectivity index (χ3v) is 4.92. The molecule has 3 aromatic rings. The average molecular weight is 400 g/mol. The number of nitrogens with two attached hydrogens (primary N) is 1. The van der Waals surface area contributed by atoms with Crippen molar-refractivity contribution in [3.05, 3.63) is 41.5 Å². The van der Waals surface area contributed by atoms with Gasteiger partial charge in [-0.3, -0.25) is 0 Å². The molecule has 1 atom stereocenters. The molecule has 3 aromatic heterocycles. The van der Waals surface area contributed by atoms with Crippen LogP contribution in [0.5, 0.6) is 5.88 Å². The number of carbonyl (C=O) groups is 1. The second kappa shape index (κ2) is 7.53. The molecule has 1 unspecified atom stereocenters. The molecule has 9 nitrogen and oxygen atoms in total. The van der Waals surface area contributed by atoms with E-state index in [0.717, 1.165) is 19.0 Å². The van der Waals surface area contributed by atoms with E-state index in [1.54, 1.807) is 19.2 Å². The van der Waals surface area contributed by atoms with E-state index in [2.05, 4.69) is 15.1 Å². The third-order valence-electron chi connectivity index (χ3n) is 4.92. The standard InChI is InChI=1S/C19H21FN6O3/c1-3-29-19(27)15-16(21)24-26-8-6-14(23-17(15)26)25-7-4-5-13(25)12-9-11(20)10-22-18(12)28-2/h6,8-10,13H,3-5,7H2,1-2H3,(H2,21,24). The zero-order valence-corrected chi connectivity index (χ0v) is 16.1. The molecule has 0 radical (unpaired) electrons. The minimum absolute atomic E-state index is 0.0575. The molecule has 4 heterocycles. The van der Waals surface area contributed by atoms with Gasteiger partial charge in [0.05, 0.1) is 26.0 Å². The summed E-state index contributed by atoms with van der Waals surface area (Å²) in [4.78, 5) is 23.0. The Balaban J connectivity index is 1.77. The fourth-order valence-corrected chi connectivity index (χ4v) is 3.71. The monoisotopic (exact) mass is 400 g/mol. The van der Waals surface area contributed by atoms with E-state index in [1.807, 2.05) is 4.90 Å². The van der Waals surface area contributed by atoms with Crippen LogP contribution in [0.2, 0.25) is 0 Å². The van der Waals surface area contributed by atoms with Gasteiger partial charge in [-0.25, -0.2) is 23.7 Å². The first-order chi connectivity index (χ1) is 14.0. The van der Waals surface area contributed by atoms with Crippen molar-refractivity contribution in [3.63, 3.8) is 0 Å². The minimum atomic E-state index is -0.571. The first kappa shape index (κ1) is 18.9. The van der Waals surface area contributed by atoms with Crippen molar-refractivity contribution < 1.29 is 18.7 Å². The fraction of sp³-hybridized carbons (Fsp3) is 0.368. The molecule has 1 aliphatic heterocycles. The predicted molar refractivity (Wildman–Crippen MR) is 103 cm³/mol. The highest BCUT2D eigenvalue weighted by molar-refractivity contribution is 6.00. The Bertz CT molecular complexity index is 1070. The summed E-state index contributed by atoms with van der Waals surface area (Å²) in [5, 5.41) is 4.13. The Morgan fingerprint density at radius 2 is 2.28 bits per heavy atom. The van der Waals surface area contributed by atoms with E-state index in [4.69, 9.17) is 15.2 Å². The van der Waals surface area contributed by atoms with Gasteiger partial charge in [0.2, 0.25) is 5.88 Å². The van der Waals surface area contributed by atoms with Gasteiger partial charge in [-0.05, 0) is 31.9 Å². The molecule has 29 heavy (non-hydrogen) atoms. The highest BCUT2D eigenvalue weighted by atomic mass is 19.1. The molecule has 0 spiro atoms. The zero-order valence-electron chi connectivity index (χ0n) is 16.1. The van der Waals surface area contributed by atoms with Gasteiger partial charge in [0.25, 0.3) is 0 Å². The van der Waals surface area contributed by atoms with Crippen LogP contribution < -0.4 is 15.4 Å². The van der Waals surface area contributed by atoms with Crippen molar-refractivity contribution in [2.24, 2.45) is 0 Å². The smallest absolute Gasteiger partial charge is 0.345 e. The van der Waals surface area contributed by atoms with Gasteiger partial charge in [-0.2, -0.15) is 0 Å². The molecule has 0 bridgehead atoms. The van der Waals surface area contributed by atoms with Gasteiger partial charge in [-0.1, -0.05) is 0 Å². The number of esters is 1. The number of methoxy groups -OCH3 is 1. The van der Waals surface area contributed by atoms with Crippen molar-refractivity contribution in [2.45, 2.75) is 25.8 Å². The number of ether oxygens (including phenoxy) is 2. The lowest BCUT2D eigenvalue weighted by Crippen LogP contribution is -2.24. The van der Waals surface area contributed by atoms with Crippen LogP contribution in [-0.2, 0) is 4.74 Å². The average Bonchev–Trinajstić information content (AvgIpc) is 3.31. The molecule has 1 saturated heterocycles. The lowest BCUT2D eigenvalue weighted by Gasteiger charge is -2.26. The van der Waals surface area contributed by atoms with Gasteiger partial charge in [-0.15, -0.1) is 5.10 Å². The molecule has 152 valence electrons. The summed E-state index contributed by atoms with van der Waals surface area (Å²) in [6, 6.07) is 3.06. The Kier molecular flexibility index (Phi) is 4.91. The van der Waals surface area contributed by atoms with Crippen molar-refractivity contribution in [1.29, 1.82) is 0 Å². The number of hydrogen-bond donors (Lipinski definition) is 1. The number of pyridine rings is 1. The molecule has 1 aliphatic rings. The second-order valence-corrected chi connectivity index (χ2v) is 6.64. The van der Waals surface area contributed by atoms with Crippen LogP contribution >= 0.6 is 0 Å². The van der Waals surface area contributed by atoms with Gasteiger partial charge in [0.15, 0.2) is 11.5 Å². The summed E-state index contributed by atoms with van der Waals surface area (Å²) < 4.78 is 25.7. The number of anilines is 2. The van der Waals surface area contributed by atoms with E-state index >= 15 is 0 Å². The van der Waals surface area contributed by atoms with Crippen LogP contribution in [0.4, 0.5) is 16.0 Å². The number of nitrogen functional groups attached to an aromatic ring is 1. The normalized spacial score (nSPS) is 16.4. The van der Waals surface area contributed by atoms with Crippen molar-refractivity contribution in [1.82, 2.24) is 19.6 Å². The number of fused-ring (bicyclic) bond motifs is 1. The SMILES string of the molecule is CCOC(=O)c1c(N)nn2ccc(N3CCCC3c3cc(F)cnc3OC)nc12. The van der Waals surface area contributed by atoms with E-state index < -0.39 is 11.8 Å². The zero-order chi connectivity index (χ0) is 20.5. The van der Waals surface area contributed by atoms with Crippen LogP contribution in [0, 0.1) is 5.82 Å². The summed E-state index contributed by atoms with van der Waals surface area (Å²) in [6.07, 6.45) is 4.50. The molecule has 0 amide bonds. The van der Waals surface area contributed by atoms with Crippen LogP contribution in [0.25, 0.3) is 5.65 Å². The Labute approximate surface area is 166 Å². The highest BCUT2D eigenvalue weighted by Crippen LogP contribution is 2.39. The summed E-state index contributed by atoms with van der Waals surface area (Å²) in [5.74, 6) is 0.0619. The first-order valence-electron chi connectivity index (χ1n) is 9.31. The molecular formula is C19H21FN6O3. The maximum atomic E-state index is 13.9. The van der Waals surface area contributed by atoms with Crippen molar-refractivity contribution >= 4 is 23.3 Å². The molecular weight excluding hydrogens is 379 g/mol. The van der Waals surface area contributed by atoms with Gasteiger partial charge in [0, 0.05) is 18.3 Å². The third kappa shape index (κ3) is 3.30. The van der Waals surface area contributed by atoms with Crippen LogP contribution in [0.3, 0.4) is 0 Å². The molecule has 0 aliphatic carbocycles. The molecule has 0 aromatic carbocycles. The largest absolute Gasteiger partial charge is 0.481 e. The lowest BCUT2D eigenvalue weighted by molar-refractivity contribution is 0.0529. The van der Waals surface area contributed by atoms with Crippen LogP contribution in [0.1, 0.15) is 41.7 Å². The van der Waals surface area contributed by atoms with E-state index in [9.17, 15) is 9.18 Å². The van der Waals surface area contributed by atoms with Gasteiger partial charge in [0.1, 0.15) is 17.2 Å². The van der Waals surface area contributed by atoms with Crippen LogP contribution in [-0.4, -0.2) is 45.8 Å². The summed E-state index contributed by atoms with van der Waals surface area (Å²) in [7, 11) is 1.51. The number of carbonyl (C=O) groups excluding carboxylic acids is 1. The molecule has 1 fully saturated rings. The maximum Gasteiger partial charge on any atom is 0.345 e. The molecule has 4 rings (SSSR count). The Hall–Kier alpha value is -3.43. The summed E-state index contributed by atoms with van der Waals surface area (Å²) in [5.41, 5.74) is 7.01. The Morgan fingerprint density at radius 1 is 1.45 bits per heavy atom.